The number of ether oxygens (including phenoxy) is 3. The van der Waals surface area contributed by atoms with Crippen LogP contribution in [-0.2, 0) is 20.6 Å². The van der Waals surface area contributed by atoms with Crippen LogP contribution in [0.2, 0.25) is 0 Å². The number of carbonyl (C=O) groups excluding carboxylic acids is 2. The molecule has 0 aliphatic carbocycles. The van der Waals surface area contributed by atoms with Crippen molar-refractivity contribution in [3.8, 4) is 0 Å². The predicted molar refractivity (Wildman–Crippen MR) is 118 cm³/mol. The van der Waals surface area contributed by atoms with Crippen molar-refractivity contribution in [3.63, 3.8) is 0 Å². The lowest BCUT2D eigenvalue weighted by Gasteiger charge is -2.27. The molecule has 1 aromatic carbocycles. The summed E-state index contributed by atoms with van der Waals surface area (Å²) in [5.74, 6) is -1.03. The molecule has 2 heterocycles. The molecule has 0 unspecified atom stereocenters. The number of amides is 2. The van der Waals surface area contributed by atoms with Crippen LogP contribution >= 0.6 is 0 Å². The highest BCUT2D eigenvalue weighted by molar-refractivity contribution is 6.00. The largest absolute Gasteiger partial charge is 0.370 e. The molecular weight excluding hydrogens is 412 g/mol. The molecule has 1 aliphatic rings. The zero-order valence-electron chi connectivity index (χ0n) is 18.4. The third-order valence-electron chi connectivity index (χ3n) is 5.32. The first-order chi connectivity index (χ1) is 15.4. The summed E-state index contributed by atoms with van der Waals surface area (Å²) >= 11 is 0. The molecule has 32 heavy (non-hydrogen) atoms. The van der Waals surface area contributed by atoms with Crippen LogP contribution in [0.25, 0.3) is 0 Å². The molecule has 1 aromatic heterocycles. The minimum Gasteiger partial charge on any atom is -0.370 e. The van der Waals surface area contributed by atoms with Gasteiger partial charge in [-0.2, -0.15) is 0 Å². The van der Waals surface area contributed by atoms with Crippen LogP contribution in [0.3, 0.4) is 0 Å². The van der Waals surface area contributed by atoms with E-state index in [0.717, 1.165) is 5.56 Å². The molecule has 0 saturated carbocycles. The zero-order chi connectivity index (χ0) is 23.1. The summed E-state index contributed by atoms with van der Waals surface area (Å²) in [4.78, 5) is 29.6. The van der Waals surface area contributed by atoms with Gasteiger partial charge in [-0.15, -0.1) is 0 Å². The normalized spacial score (nSPS) is 19.3. The number of carbonyl (C=O) groups is 2. The van der Waals surface area contributed by atoms with Crippen LogP contribution < -0.4 is 16.8 Å². The number of hydrogen-bond donors (Lipinski definition) is 3. The van der Waals surface area contributed by atoms with Crippen LogP contribution in [0.1, 0.15) is 56.6 Å². The smallest absolute Gasteiger partial charge is 0.269 e. The number of hydrogen-bond acceptors (Lipinski definition) is 7. The lowest BCUT2D eigenvalue weighted by atomic mass is 9.95. The molecule has 1 fully saturated rings. The maximum atomic E-state index is 12.7. The van der Waals surface area contributed by atoms with Gasteiger partial charge in [-0.25, -0.2) is 4.98 Å². The number of methoxy groups -OCH3 is 1. The number of nitrogens with zero attached hydrogens (tertiary/aromatic N) is 1. The number of nitrogens with two attached hydrogens (primary N) is 2. The number of primary amides is 1. The van der Waals surface area contributed by atoms with Gasteiger partial charge in [0, 0.05) is 19.7 Å². The van der Waals surface area contributed by atoms with Crippen molar-refractivity contribution >= 4 is 11.8 Å². The van der Waals surface area contributed by atoms with Gasteiger partial charge in [-0.05, 0) is 36.5 Å². The Balaban J connectivity index is 1.91. The van der Waals surface area contributed by atoms with E-state index >= 15 is 0 Å². The molecular formula is C23H30N4O5. The summed E-state index contributed by atoms with van der Waals surface area (Å²) in [5.41, 5.74) is 13.6. The van der Waals surface area contributed by atoms with Crippen molar-refractivity contribution in [1.29, 1.82) is 0 Å². The lowest BCUT2D eigenvalue weighted by molar-refractivity contribution is -0.188. The molecule has 2 aromatic rings. The Kier molecular flexibility index (Phi) is 8.29. The summed E-state index contributed by atoms with van der Waals surface area (Å²) in [6.07, 6.45) is 0.688. The first kappa shape index (κ1) is 23.8. The quantitative estimate of drug-likeness (QED) is 0.532. The average molecular weight is 443 g/mol. The van der Waals surface area contributed by atoms with Crippen LogP contribution in [0.5, 0.6) is 0 Å². The van der Waals surface area contributed by atoms with Gasteiger partial charge >= 0.3 is 0 Å². The molecule has 172 valence electrons. The van der Waals surface area contributed by atoms with Crippen molar-refractivity contribution in [1.82, 2.24) is 10.3 Å². The van der Waals surface area contributed by atoms with Gasteiger partial charge in [0.05, 0.1) is 24.9 Å². The molecule has 0 radical (unpaired) electrons. The summed E-state index contributed by atoms with van der Waals surface area (Å²) < 4.78 is 16.8. The van der Waals surface area contributed by atoms with Gasteiger partial charge < -0.3 is 31.0 Å². The maximum absolute atomic E-state index is 12.7. The molecule has 1 saturated heterocycles. The van der Waals surface area contributed by atoms with Gasteiger partial charge in [0.1, 0.15) is 11.8 Å². The molecule has 0 bridgehead atoms. The Bertz CT molecular complexity index is 929. The molecule has 3 rings (SSSR count). The van der Waals surface area contributed by atoms with Crippen LogP contribution in [0.4, 0.5) is 0 Å². The molecule has 1 aliphatic heterocycles. The van der Waals surface area contributed by atoms with Crippen LogP contribution in [0.15, 0.2) is 36.4 Å². The lowest BCUT2D eigenvalue weighted by Crippen LogP contribution is -2.41. The van der Waals surface area contributed by atoms with Gasteiger partial charge in [0.15, 0.2) is 6.29 Å². The van der Waals surface area contributed by atoms with Crippen LogP contribution in [0, 0.1) is 0 Å². The van der Waals surface area contributed by atoms with Crippen molar-refractivity contribution in [2.45, 2.75) is 37.7 Å². The molecule has 5 N–H and O–H groups in total. The van der Waals surface area contributed by atoms with E-state index in [9.17, 15) is 9.59 Å². The first-order valence-corrected chi connectivity index (χ1v) is 10.6. The highest BCUT2D eigenvalue weighted by atomic mass is 16.7. The van der Waals surface area contributed by atoms with Crippen molar-refractivity contribution in [3.05, 3.63) is 64.5 Å². The average Bonchev–Trinajstić information content (AvgIpc) is 2.81. The molecule has 2 amide bonds. The minimum absolute atomic E-state index is 0.123. The molecule has 0 spiro atoms. The predicted octanol–water partition coefficient (Wildman–Crippen LogP) is 1.30. The summed E-state index contributed by atoms with van der Waals surface area (Å²) in [7, 11) is 3.06. The summed E-state index contributed by atoms with van der Waals surface area (Å²) in [6.45, 7) is 0.879. The molecule has 1 atom stereocenters. The number of benzene rings is 1. The number of rotatable bonds is 9. The topological polar surface area (TPSA) is 139 Å². The van der Waals surface area contributed by atoms with E-state index in [2.05, 4.69) is 10.3 Å². The second-order valence-electron chi connectivity index (χ2n) is 7.64. The fourth-order valence-corrected chi connectivity index (χ4v) is 3.73. The van der Waals surface area contributed by atoms with E-state index < -0.39 is 17.9 Å². The van der Waals surface area contributed by atoms with Gasteiger partial charge in [-0.3, -0.25) is 9.59 Å². The monoisotopic (exact) mass is 442 g/mol. The van der Waals surface area contributed by atoms with Crippen molar-refractivity contribution < 1.29 is 23.8 Å². The van der Waals surface area contributed by atoms with Gasteiger partial charge in [-0.1, -0.05) is 30.3 Å². The highest BCUT2D eigenvalue weighted by Gasteiger charge is 2.25. The number of pyridine rings is 1. The summed E-state index contributed by atoms with van der Waals surface area (Å²) in [6, 6.07) is 10.9. The third-order valence-corrected chi connectivity index (χ3v) is 5.32. The van der Waals surface area contributed by atoms with Crippen molar-refractivity contribution in [2.24, 2.45) is 11.5 Å². The van der Waals surface area contributed by atoms with E-state index in [4.69, 9.17) is 25.7 Å². The Morgan fingerprint density at radius 1 is 1.25 bits per heavy atom. The van der Waals surface area contributed by atoms with E-state index in [1.54, 1.807) is 13.2 Å². The second kappa shape index (κ2) is 11.1. The fraction of sp³-hybridized carbons (Fsp3) is 0.435. The van der Waals surface area contributed by atoms with E-state index in [-0.39, 0.29) is 23.6 Å². The SMILES string of the molecule is CNC(=O)c1nc([C@@H](OC)c2ccccc2)cc(C(N)=O)c1CCCC1OCC(N)CO1. The zero-order valence-corrected chi connectivity index (χ0v) is 18.4. The Morgan fingerprint density at radius 3 is 2.53 bits per heavy atom. The van der Waals surface area contributed by atoms with Gasteiger partial charge in [0.25, 0.3) is 5.91 Å². The van der Waals surface area contributed by atoms with E-state index in [1.165, 1.54) is 7.05 Å². The second-order valence-corrected chi connectivity index (χ2v) is 7.64. The summed E-state index contributed by atoms with van der Waals surface area (Å²) in [5, 5.41) is 2.60. The van der Waals surface area contributed by atoms with E-state index in [0.29, 0.717) is 43.7 Å². The van der Waals surface area contributed by atoms with Gasteiger partial charge in [0.2, 0.25) is 5.91 Å². The Morgan fingerprint density at radius 2 is 1.94 bits per heavy atom. The standard InChI is InChI=1S/C23H30N4O5/c1-26-23(29)20-16(9-6-10-19-31-12-15(24)13-32-19)17(22(25)28)11-18(27-20)21(30-2)14-7-4-3-5-8-14/h3-5,7-8,11,15,19,21H,6,9-10,12-13,24H2,1-2H3,(H2,25,28)(H,26,29)/t15?,19?,21-/m0/s1. The fourth-order valence-electron chi connectivity index (χ4n) is 3.73. The first-order valence-electron chi connectivity index (χ1n) is 10.6. The van der Waals surface area contributed by atoms with Crippen LogP contribution in [-0.4, -0.2) is 56.5 Å². The highest BCUT2D eigenvalue weighted by Crippen LogP contribution is 2.28. The Hall–Kier alpha value is -2.85. The minimum atomic E-state index is -0.632. The third kappa shape index (κ3) is 5.68. The molecule has 9 heteroatoms. The van der Waals surface area contributed by atoms with E-state index in [1.807, 2.05) is 30.3 Å². The van der Waals surface area contributed by atoms with Crippen molar-refractivity contribution in [2.75, 3.05) is 27.4 Å². The Labute approximate surface area is 187 Å². The number of aromatic nitrogens is 1. The maximum Gasteiger partial charge on any atom is 0.269 e. The molecule has 9 nitrogen and oxygen atoms in total. The number of nitrogens with one attached hydrogen (secondary N) is 1.